The number of carbonyl (C=O) groups excluding carboxylic acids is 1. The van der Waals surface area contributed by atoms with Crippen molar-refractivity contribution in [2.75, 3.05) is 24.6 Å². The molecule has 0 radical (unpaired) electrons. The molecule has 0 spiro atoms. The molecule has 3 aromatic rings. The number of carbonyl (C=O) groups is 1. The van der Waals surface area contributed by atoms with Crippen molar-refractivity contribution in [2.45, 2.75) is 33.4 Å². The highest BCUT2D eigenvalue weighted by molar-refractivity contribution is 5.77. The molecule has 2 heterocycles. The summed E-state index contributed by atoms with van der Waals surface area (Å²) in [7, 11) is 0. The van der Waals surface area contributed by atoms with Gasteiger partial charge in [0.2, 0.25) is 11.8 Å². The Balaban J connectivity index is 1.41. The van der Waals surface area contributed by atoms with Gasteiger partial charge in [0.05, 0.1) is 0 Å². The normalized spacial score (nSPS) is 12.9. The number of aromatic nitrogens is 2. The molecule has 6 nitrogen and oxygen atoms in total. The zero-order valence-corrected chi connectivity index (χ0v) is 18.1. The van der Waals surface area contributed by atoms with E-state index in [0.29, 0.717) is 24.9 Å². The Kier molecular flexibility index (Phi) is 6.46. The lowest BCUT2D eigenvalue weighted by Gasteiger charge is -2.29. The van der Waals surface area contributed by atoms with Crippen molar-refractivity contribution in [3.8, 4) is 5.88 Å². The second-order valence-corrected chi connectivity index (χ2v) is 7.77. The van der Waals surface area contributed by atoms with Crippen molar-refractivity contribution >= 4 is 11.9 Å². The minimum Gasteiger partial charge on any atom is -0.467 e. The van der Waals surface area contributed by atoms with Crippen LogP contribution in [-0.2, 0) is 24.3 Å². The number of nitrogens with zero attached hydrogens (tertiary/aromatic N) is 4. The summed E-state index contributed by atoms with van der Waals surface area (Å²) in [6, 6.07) is 20.2. The Morgan fingerprint density at radius 3 is 2.58 bits per heavy atom. The molecule has 0 saturated carbocycles. The van der Waals surface area contributed by atoms with Crippen LogP contribution in [0.2, 0.25) is 0 Å². The fraction of sp³-hybridized carbons (Fsp3) is 0.320. The van der Waals surface area contributed by atoms with Crippen molar-refractivity contribution in [1.29, 1.82) is 0 Å². The molecule has 0 N–H and O–H groups in total. The molecule has 0 bridgehead atoms. The van der Waals surface area contributed by atoms with Gasteiger partial charge in [-0.05, 0) is 37.0 Å². The Hall–Kier alpha value is -3.41. The van der Waals surface area contributed by atoms with E-state index in [0.717, 1.165) is 30.8 Å². The molecule has 6 heteroatoms. The van der Waals surface area contributed by atoms with Crippen LogP contribution in [-0.4, -0.2) is 40.5 Å². The van der Waals surface area contributed by atoms with Crippen LogP contribution >= 0.6 is 0 Å². The van der Waals surface area contributed by atoms with Crippen LogP contribution in [0.3, 0.4) is 0 Å². The highest BCUT2D eigenvalue weighted by Crippen LogP contribution is 2.23. The summed E-state index contributed by atoms with van der Waals surface area (Å²) >= 11 is 0. The number of aryl methyl sites for hydroxylation is 1. The van der Waals surface area contributed by atoms with Crippen molar-refractivity contribution in [3.05, 3.63) is 83.0 Å². The molecule has 0 atom stereocenters. The standard InChI is InChI=1S/C25H28N4O2/c1-3-28(16-20-9-5-4-6-10-20)24(30)18-31-23-15-19(2)26-25(27-23)29-14-13-21-11-7-8-12-22(21)17-29/h4-12,15H,3,13-14,16-18H2,1-2H3. The third-order valence-corrected chi connectivity index (χ3v) is 5.53. The Labute approximate surface area is 183 Å². The molecule has 1 aromatic heterocycles. The van der Waals surface area contributed by atoms with Crippen LogP contribution in [0.15, 0.2) is 60.7 Å². The molecule has 160 valence electrons. The van der Waals surface area contributed by atoms with Gasteiger partial charge in [0, 0.05) is 37.9 Å². The number of ether oxygens (including phenoxy) is 1. The lowest BCUT2D eigenvalue weighted by Crippen LogP contribution is -2.34. The number of fused-ring (bicyclic) bond motifs is 1. The molecule has 4 rings (SSSR count). The highest BCUT2D eigenvalue weighted by atomic mass is 16.5. The SMILES string of the molecule is CCN(Cc1ccccc1)C(=O)COc1cc(C)nc(N2CCc3ccccc3C2)n1. The molecule has 31 heavy (non-hydrogen) atoms. The third-order valence-electron chi connectivity index (χ3n) is 5.53. The van der Waals surface area contributed by atoms with Crippen molar-refractivity contribution in [3.63, 3.8) is 0 Å². The Morgan fingerprint density at radius 1 is 1.06 bits per heavy atom. The topological polar surface area (TPSA) is 58.6 Å². The largest absolute Gasteiger partial charge is 0.467 e. The monoisotopic (exact) mass is 416 g/mol. The number of hydrogen-bond donors (Lipinski definition) is 0. The van der Waals surface area contributed by atoms with Crippen molar-refractivity contribution in [2.24, 2.45) is 0 Å². The van der Waals surface area contributed by atoms with Gasteiger partial charge in [-0.15, -0.1) is 0 Å². The van der Waals surface area contributed by atoms with Crippen molar-refractivity contribution < 1.29 is 9.53 Å². The van der Waals surface area contributed by atoms with Crippen LogP contribution in [0.1, 0.15) is 29.3 Å². The number of likely N-dealkylation sites (N-methyl/N-ethyl adjacent to an activating group) is 1. The third kappa shape index (κ3) is 5.20. The first-order valence-corrected chi connectivity index (χ1v) is 10.7. The molecule has 0 saturated heterocycles. The first kappa shape index (κ1) is 20.8. The zero-order valence-electron chi connectivity index (χ0n) is 18.1. The maximum atomic E-state index is 12.7. The lowest BCUT2D eigenvalue weighted by atomic mass is 10.0. The minimum atomic E-state index is -0.0592. The first-order valence-electron chi connectivity index (χ1n) is 10.7. The first-order chi connectivity index (χ1) is 15.1. The maximum absolute atomic E-state index is 12.7. The van der Waals surface area contributed by atoms with Crippen LogP contribution < -0.4 is 9.64 Å². The van der Waals surface area contributed by atoms with E-state index in [1.807, 2.05) is 44.2 Å². The average Bonchev–Trinajstić information content (AvgIpc) is 2.81. The number of rotatable bonds is 7. The predicted octanol–water partition coefficient (Wildman–Crippen LogP) is 3.78. The molecule has 1 amide bonds. The fourth-order valence-corrected chi connectivity index (χ4v) is 3.81. The van der Waals surface area contributed by atoms with Crippen LogP contribution in [0.4, 0.5) is 5.95 Å². The van der Waals surface area contributed by atoms with Crippen LogP contribution in [0, 0.1) is 6.92 Å². The zero-order chi connectivity index (χ0) is 21.6. The van der Waals surface area contributed by atoms with Gasteiger partial charge in [-0.3, -0.25) is 4.79 Å². The Bertz CT molecular complexity index is 1040. The van der Waals surface area contributed by atoms with Gasteiger partial charge < -0.3 is 14.5 Å². The smallest absolute Gasteiger partial charge is 0.260 e. The maximum Gasteiger partial charge on any atom is 0.260 e. The van der Waals surface area contributed by atoms with E-state index < -0.39 is 0 Å². The van der Waals surface area contributed by atoms with Gasteiger partial charge in [0.15, 0.2) is 6.61 Å². The minimum absolute atomic E-state index is 0.0423. The summed E-state index contributed by atoms with van der Waals surface area (Å²) in [6.07, 6.45) is 0.965. The Morgan fingerprint density at radius 2 is 1.81 bits per heavy atom. The van der Waals surface area contributed by atoms with Gasteiger partial charge in [0.25, 0.3) is 5.91 Å². The van der Waals surface area contributed by atoms with E-state index in [4.69, 9.17) is 4.74 Å². The van der Waals surface area contributed by atoms with Gasteiger partial charge in [-0.25, -0.2) is 4.98 Å². The summed E-state index contributed by atoms with van der Waals surface area (Å²) < 4.78 is 5.80. The van der Waals surface area contributed by atoms with Gasteiger partial charge in [0.1, 0.15) is 0 Å². The number of amides is 1. The second kappa shape index (κ2) is 9.60. The molecule has 0 fully saturated rings. The van der Waals surface area contributed by atoms with Crippen molar-refractivity contribution in [1.82, 2.24) is 14.9 Å². The van der Waals surface area contributed by atoms with E-state index in [9.17, 15) is 4.79 Å². The molecular formula is C25H28N4O2. The summed E-state index contributed by atoms with van der Waals surface area (Å²) in [6.45, 7) is 6.68. The average molecular weight is 417 g/mol. The van der Waals surface area contributed by atoms with E-state index in [1.165, 1.54) is 11.1 Å². The van der Waals surface area contributed by atoms with Gasteiger partial charge in [-0.2, -0.15) is 4.98 Å². The summed E-state index contributed by atoms with van der Waals surface area (Å²) in [5, 5.41) is 0. The summed E-state index contributed by atoms with van der Waals surface area (Å²) in [4.78, 5) is 25.9. The van der Waals surface area contributed by atoms with E-state index in [2.05, 4.69) is 39.1 Å². The van der Waals surface area contributed by atoms with Gasteiger partial charge in [-0.1, -0.05) is 54.6 Å². The summed E-state index contributed by atoms with van der Waals surface area (Å²) in [5.41, 5.74) is 4.61. The molecule has 1 aliphatic heterocycles. The highest BCUT2D eigenvalue weighted by Gasteiger charge is 2.20. The number of anilines is 1. The quantitative estimate of drug-likeness (QED) is 0.587. The second-order valence-electron chi connectivity index (χ2n) is 7.77. The molecule has 0 unspecified atom stereocenters. The van der Waals surface area contributed by atoms with E-state index in [-0.39, 0.29) is 12.5 Å². The lowest BCUT2D eigenvalue weighted by molar-refractivity contribution is -0.133. The van der Waals surface area contributed by atoms with Crippen LogP contribution in [0.25, 0.3) is 0 Å². The van der Waals surface area contributed by atoms with Gasteiger partial charge >= 0.3 is 0 Å². The summed E-state index contributed by atoms with van der Waals surface area (Å²) in [5.74, 6) is 1.02. The molecule has 1 aliphatic rings. The predicted molar refractivity (Wildman–Crippen MR) is 121 cm³/mol. The number of benzene rings is 2. The number of hydrogen-bond acceptors (Lipinski definition) is 5. The molecule has 2 aromatic carbocycles. The molecular weight excluding hydrogens is 388 g/mol. The molecule has 0 aliphatic carbocycles. The fourth-order valence-electron chi connectivity index (χ4n) is 3.81. The van der Waals surface area contributed by atoms with E-state index in [1.54, 1.807) is 11.0 Å². The van der Waals surface area contributed by atoms with Crippen LogP contribution in [0.5, 0.6) is 5.88 Å². The van der Waals surface area contributed by atoms with E-state index >= 15 is 0 Å².